The molecule has 5 rings (SSSR count). The molecular formula is C28H19N3O2. The van der Waals surface area contributed by atoms with Gasteiger partial charge in [0.1, 0.15) is 0 Å². The van der Waals surface area contributed by atoms with Crippen LogP contribution in [0.3, 0.4) is 0 Å². The Balaban J connectivity index is 1.77. The first-order chi connectivity index (χ1) is 16.2. The second-order valence-electron chi connectivity index (χ2n) is 7.49. The minimum Gasteiger partial charge on any atom is -0.258 e. The lowest BCUT2D eigenvalue weighted by molar-refractivity contribution is -0.384. The number of para-hydroxylation sites is 1. The van der Waals surface area contributed by atoms with Crippen molar-refractivity contribution < 1.29 is 4.92 Å². The zero-order chi connectivity index (χ0) is 22.6. The Bertz CT molecular complexity index is 1500. The topological polar surface area (TPSA) is 61.0 Å². The van der Waals surface area contributed by atoms with E-state index in [-0.39, 0.29) is 5.69 Å². The number of hydrogen-bond acceptors (Lipinski definition) is 3. The first kappa shape index (κ1) is 20.2. The molecule has 1 aromatic heterocycles. The summed E-state index contributed by atoms with van der Waals surface area (Å²) in [5.74, 6) is 0. The van der Waals surface area contributed by atoms with Gasteiger partial charge in [0.05, 0.1) is 27.4 Å². The van der Waals surface area contributed by atoms with Gasteiger partial charge in [-0.25, -0.2) is 4.68 Å². The molecule has 0 radical (unpaired) electrons. The van der Waals surface area contributed by atoms with E-state index in [9.17, 15) is 10.1 Å². The highest BCUT2D eigenvalue weighted by molar-refractivity contribution is 5.96. The fourth-order valence-corrected chi connectivity index (χ4v) is 3.77. The number of hydrogen-bond donors (Lipinski definition) is 0. The van der Waals surface area contributed by atoms with Gasteiger partial charge in [0.2, 0.25) is 0 Å². The van der Waals surface area contributed by atoms with Crippen LogP contribution >= 0.6 is 0 Å². The van der Waals surface area contributed by atoms with Crippen LogP contribution in [0.15, 0.2) is 115 Å². The number of rotatable bonds is 5. The second kappa shape index (κ2) is 8.79. The van der Waals surface area contributed by atoms with Crippen molar-refractivity contribution in [2.24, 2.45) is 0 Å². The largest absolute Gasteiger partial charge is 0.269 e. The molecule has 33 heavy (non-hydrogen) atoms. The Morgan fingerprint density at radius 3 is 2.15 bits per heavy atom. The molecule has 5 nitrogen and oxygen atoms in total. The number of non-ortho nitro benzene ring substituents is 1. The van der Waals surface area contributed by atoms with E-state index in [0.717, 1.165) is 39.0 Å². The summed E-state index contributed by atoms with van der Waals surface area (Å²) in [7, 11) is 0. The third-order valence-electron chi connectivity index (χ3n) is 5.37. The molecule has 0 spiro atoms. The Morgan fingerprint density at radius 1 is 0.818 bits per heavy atom. The molecule has 0 fully saturated rings. The summed E-state index contributed by atoms with van der Waals surface area (Å²) in [6.45, 7) is 0. The lowest BCUT2D eigenvalue weighted by Gasteiger charge is -2.10. The van der Waals surface area contributed by atoms with Crippen LogP contribution in [0.5, 0.6) is 0 Å². The highest BCUT2D eigenvalue weighted by atomic mass is 16.6. The highest BCUT2D eigenvalue weighted by Crippen LogP contribution is 2.31. The molecular weight excluding hydrogens is 410 g/mol. The Labute approximate surface area is 190 Å². The molecule has 0 saturated heterocycles. The Kier molecular flexibility index (Phi) is 5.38. The summed E-state index contributed by atoms with van der Waals surface area (Å²) < 4.78 is 1.95. The SMILES string of the molecule is O=[N+]([O-])c1ccc(C=C=C(c2ccccc2)c2c3ccccc3nn2-c2ccccc2)cc1. The molecule has 158 valence electrons. The van der Waals surface area contributed by atoms with Gasteiger partial charge in [0.15, 0.2) is 0 Å². The van der Waals surface area contributed by atoms with Gasteiger partial charge in [0, 0.05) is 17.5 Å². The van der Waals surface area contributed by atoms with Crippen LogP contribution in [-0.4, -0.2) is 14.7 Å². The van der Waals surface area contributed by atoms with Crippen molar-refractivity contribution in [3.63, 3.8) is 0 Å². The molecule has 0 aliphatic rings. The fraction of sp³-hybridized carbons (Fsp3) is 0. The summed E-state index contributed by atoms with van der Waals surface area (Å²) in [5.41, 5.74) is 9.01. The quantitative estimate of drug-likeness (QED) is 0.178. The molecule has 0 aliphatic carbocycles. The lowest BCUT2D eigenvalue weighted by Crippen LogP contribution is -2.02. The normalized spacial score (nSPS) is 10.5. The monoisotopic (exact) mass is 429 g/mol. The van der Waals surface area contributed by atoms with Crippen LogP contribution in [0.1, 0.15) is 16.8 Å². The summed E-state index contributed by atoms with van der Waals surface area (Å²) >= 11 is 0. The van der Waals surface area contributed by atoms with Gasteiger partial charge in [-0.3, -0.25) is 10.1 Å². The summed E-state index contributed by atoms with van der Waals surface area (Å²) in [6.07, 6.45) is 1.85. The first-order valence-corrected chi connectivity index (χ1v) is 10.5. The number of aromatic nitrogens is 2. The van der Waals surface area contributed by atoms with E-state index in [0.29, 0.717) is 0 Å². The molecule has 1 heterocycles. The van der Waals surface area contributed by atoms with Crippen molar-refractivity contribution in [3.05, 3.63) is 142 Å². The lowest BCUT2D eigenvalue weighted by atomic mass is 10.00. The minimum absolute atomic E-state index is 0.0626. The Morgan fingerprint density at radius 2 is 1.45 bits per heavy atom. The van der Waals surface area contributed by atoms with Gasteiger partial charge in [-0.15, -0.1) is 5.73 Å². The maximum atomic E-state index is 11.0. The van der Waals surface area contributed by atoms with Crippen LogP contribution in [0, 0.1) is 10.1 Å². The predicted octanol–water partition coefficient (Wildman–Crippen LogP) is 6.68. The van der Waals surface area contributed by atoms with E-state index in [1.165, 1.54) is 12.1 Å². The number of nitrogens with zero attached hydrogens (tertiary/aromatic N) is 3. The molecule has 4 aromatic carbocycles. The molecule has 0 amide bonds. The van der Waals surface area contributed by atoms with Crippen molar-refractivity contribution >= 4 is 28.2 Å². The summed E-state index contributed by atoms with van der Waals surface area (Å²) in [5, 5.41) is 16.9. The van der Waals surface area contributed by atoms with Crippen molar-refractivity contribution in [1.29, 1.82) is 0 Å². The molecule has 5 aromatic rings. The van der Waals surface area contributed by atoms with Gasteiger partial charge >= 0.3 is 0 Å². The van der Waals surface area contributed by atoms with E-state index in [2.05, 4.69) is 11.8 Å². The number of nitro groups is 1. The van der Waals surface area contributed by atoms with Gasteiger partial charge in [-0.05, 0) is 47.5 Å². The zero-order valence-corrected chi connectivity index (χ0v) is 17.6. The molecule has 0 aliphatic heterocycles. The van der Waals surface area contributed by atoms with Gasteiger partial charge in [0.25, 0.3) is 5.69 Å². The van der Waals surface area contributed by atoms with Gasteiger partial charge in [-0.1, -0.05) is 66.7 Å². The molecule has 0 bridgehead atoms. The molecule has 0 saturated carbocycles. The summed E-state index contributed by atoms with van der Waals surface area (Å²) in [6, 6.07) is 34.6. The Hall–Kier alpha value is -4.73. The maximum absolute atomic E-state index is 11.0. The van der Waals surface area contributed by atoms with Crippen molar-refractivity contribution in [1.82, 2.24) is 9.78 Å². The smallest absolute Gasteiger partial charge is 0.258 e. The maximum Gasteiger partial charge on any atom is 0.269 e. The number of nitro benzene ring substituents is 1. The van der Waals surface area contributed by atoms with Crippen LogP contribution in [0.2, 0.25) is 0 Å². The minimum atomic E-state index is -0.400. The summed E-state index contributed by atoms with van der Waals surface area (Å²) in [4.78, 5) is 10.6. The van der Waals surface area contributed by atoms with E-state index < -0.39 is 4.92 Å². The van der Waals surface area contributed by atoms with Crippen LogP contribution < -0.4 is 0 Å². The number of fused-ring (bicyclic) bond motifs is 1. The zero-order valence-electron chi connectivity index (χ0n) is 17.6. The third-order valence-corrected chi connectivity index (χ3v) is 5.37. The molecule has 0 N–H and O–H groups in total. The molecule has 0 atom stereocenters. The third kappa shape index (κ3) is 4.09. The first-order valence-electron chi connectivity index (χ1n) is 10.5. The van der Waals surface area contributed by atoms with Crippen LogP contribution in [0.4, 0.5) is 5.69 Å². The van der Waals surface area contributed by atoms with E-state index in [1.54, 1.807) is 12.1 Å². The van der Waals surface area contributed by atoms with E-state index in [4.69, 9.17) is 5.10 Å². The highest BCUT2D eigenvalue weighted by Gasteiger charge is 2.17. The van der Waals surface area contributed by atoms with Gasteiger partial charge < -0.3 is 0 Å². The van der Waals surface area contributed by atoms with Crippen molar-refractivity contribution in [2.75, 3.05) is 0 Å². The fourth-order valence-electron chi connectivity index (χ4n) is 3.77. The van der Waals surface area contributed by atoms with E-state index in [1.807, 2.05) is 89.6 Å². The predicted molar refractivity (Wildman–Crippen MR) is 131 cm³/mol. The van der Waals surface area contributed by atoms with Crippen molar-refractivity contribution in [3.8, 4) is 5.69 Å². The van der Waals surface area contributed by atoms with Crippen LogP contribution in [-0.2, 0) is 0 Å². The van der Waals surface area contributed by atoms with Crippen molar-refractivity contribution in [2.45, 2.75) is 0 Å². The van der Waals surface area contributed by atoms with Crippen LogP contribution in [0.25, 0.3) is 28.2 Å². The average Bonchev–Trinajstić information content (AvgIpc) is 3.25. The second-order valence-corrected chi connectivity index (χ2v) is 7.49. The molecule has 0 unspecified atom stereocenters. The van der Waals surface area contributed by atoms with Gasteiger partial charge in [-0.2, -0.15) is 5.10 Å². The average molecular weight is 429 g/mol. The number of benzene rings is 4. The van der Waals surface area contributed by atoms with E-state index >= 15 is 0 Å². The molecule has 5 heteroatoms. The standard InChI is InChI=1S/C28H19N3O2/c32-31(33)24-18-15-21(16-19-24)17-20-25(22-9-3-1-4-10-22)28-26-13-7-8-14-27(26)29-30(28)23-11-5-2-6-12-23/h1-19H.